The number of nitrogens with two attached hydrogens (primary N) is 1. The Bertz CT molecular complexity index is 868. The van der Waals surface area contributed by atoms with E-state index in [-0.39, 0.29) is 14.9 Å². The van der Waals surface area contributed by atoms with Gasteiger partial charge in [-0.2, -0.15) is 4.72 Å². The normalized spacial score (nSPS) is 14.2. The Hall–Kier alpha value is -1.12. The first-order valence-corrected chi connectivity index (χ1v) is 9.65. The number of amides is 1. The first-order valence-electron chi connectivity index (χ1n) is 6.62. The standard InChI is InChI=1S/C15H13BrCl2N2O3S/c1-15(14(19)21,9-5-3-2-4-6-9)20-24(22,23)13-11(17)7-10(16)8-12(13)18/h2-8,20H,1H3,(H2,19,21)/t15-/m0/s1. The molecule has 2 aromatic carbocycles. The lowest BCUT2D eigenvalue weighted by atomic mass is 9.93. The molecule has 3 N–H and O–H groups in total. The summed E-state index contributed by atoms with van der Waals surface area (Å²) in [5.74, 6) is -0.860. The van der Waals surface area contributed by atoms with Gasteiger partial charge in [0.25, 0.3) is 0 Å². The highest BCUT2D eigenvalue weighted by Crippen LogP contribution is 2.34. The molecule has 5 nitrogen and oxygen atoms in total. The fourth-order valence-corrected chi connectivity index (χ4v) is 5.44. The fraction of sp³-hybridized carbons (Fsp3) is 0.133. The summed E-state index contributed by atoms with van der Waals surface area (Å²) < 4.78 is 28.4. The van der Waals surface area contributed by atoms with Gasteiger partial charge < -0.3 is 5.73 Å². The van der Waals surface area contributed by atoms with Crippen LogP contribution in [0.4, 0.5) is 0 Å². The molecular weight excluding hydrogens is 439 g/mol. The Balaban J connectivity index is 2.57. The van der Waals surface area contributed by atoms with Crippen LogP contribution in [0.1, 0.15) is 12.5 Å². The average Bonchev–Trinajstić information content (AvgIpc) is 2.45. The zero-order valence-corrected chi connectivity index (χ0v) is 16.3. The number of sulfonamides is 1. The Morgan fingerprint density at radius 2 is 1.67 bits per heavy atom. The number of nitrogens with one attached hydrogen (secondary N) is 1. The second-order valence-corrected chi connectivity index (χ2v) is 8.51. The van der Waals surface area contributed by atoms with Crippen LogP contribution >= 0.6 is 39.1 Å². The summed E-state index contributed by atoms with van der Waals surface area (Å²) in [4.78, 5) is 11.7. The SMILES string of the molecule is C[C@@](NS(=O)(=O)c1c(Cl)cc(Br)cc1Cl)(C(N)=O)c1ccccc1. The van der Waals surface area contributed by atoms with Gasteiger partial charge in [0.05, 0.1) is 10.0 Å². The van der Waals surface area contributed by atoms with Crippen molar-refractivity contribution in [3.8, 4) is 0 Å². The first-order chi connectivity index (χ1) is 11.1. The van der Waals surface area contributed by atoms with Crippen LogP contribution in [0.25, 0.3) is 0 Å². The molecule has 2 aromatic rings. The predicted molar refractivity (Wildman–Crippen MR) is 97.5 cm³/mol. The summed E-state index contributed by atoms with van der Waals surface area (Å²) in [6.07, 6.45) is 0. The lowest BCUT2D eigenvalue weighted by molar-refractivity contribution is -0.123. The van der Waals surface area contributed by atoms with Crippen LogP contribution in [0.5, 0.6) is 0 Å². The molecule has 24 heavy (non-hydrogen) atoms. The quantitative estimate of drug-likeness (QED) is 0.729. The Labute approximate surface area is 158 Å². The van der Waals surface area contributed by atoms with Gasteiger partial charge >= 0.3 is 0 Å². The summed E-state index contributed by atoms with van der Waals surface area (Å²) in [5.41, 5.74) is 4.18. The molecule has 0 unspecified atom stereocenters. The minimum atomic E-state index is -4.22. The third-order valence-corrected chi connectivity index (χ3v) is 6.35. The molecule has 0 fully saturated rings. The van der Waals surface area contributed by atoms with E-state index in [1.807, 2.05) is 0 Å². The molecule has 2 rings (SSSR count). The van der Waals surface area contributed by atoms with Crippen molar-refractivity contribution in [2.45, 2.75) is 17.4 Å². The van der Waals surface area contributed by atoms with Gasteiger partial charge in [-0.3, -0.25) is 4.79 Å². The maximum atomic E-state index is 12.8. The van der Waals surface area contributed by atoms with E-state index in [9.17, 15) is 13.2 Å². The highest BCUT2D eigenvalue weighted by molar-refractivity contribution is 9.10. The second kappa shape index (κ2) is 7.01. The molecule has 0 aliphatic heterocycles. The fourth-order valence-electron chi connectivity index (χ4n) is 2.13. The zero-order valence-electron chi connectivity index (χ0n) is 12.4. The summed E-state index contributed by atoms with van der Waals surface area (Å²) in [7, 11) is -4.22. The van der Waals surface area contributed by atoms with Gasteiger partial charge in [-0.15, -0.1) is 0 Å². The van der Waals surface area contributed by atoms with Gasteiger partial charge in [0.2, 0.25) is 15.9 Å². The first kappa shape index (κ1) is 19.2. The van der Waals surface area contributed by atoms with Crippen LogP contribution in [0, 0.1) is 0 Å². The van der Waals surface area contributed by atoms with Crippen LogP contribution in [0.3, 0.4) is 0 Å². The molecular formula is C15H13BrCl2N2O3S. The van der Waals surface area contributed by atoms with E-state index in [1.165, 1.54) is 19.1 Å². The number of benzene rings is 2. The molecule has 0 spiro atoms. The van der Waals surface area contributed by atoms with E-state index >= 15 is 0 Å². The lowest BCUT2D eigenvalue weighted by Crippen LogP contribution is -2.52. The third-order valence-electron chi connectivity index (χ3n) is 3.41. The van der Waals surface area contributed by atoms with Gasteiger partial charge in [0, 0.05) is 4.47 Å². The van der Waals surface area contributed by atoms with Crippen LogP contribution in [-0.4, -0.2) is 14.3 Å². The van der Waals surface area contributed by atoms with Gasteiger partial charge in [-0.05, 0) is 24.6 Å². The van der Waals surface area contributed by atoms with Crippen LogP contribution < -0.4 is 10.5 Å². The topological polar surface area (TPSA) is 89.3 Å². The smallest absolute Gasteiger partial charge is 0.244 e. The molecule has 1 amide bonds. The maximum Gasteiger partial charge on any atom is 0.244 e. The zero-order chi connectivity index (χ0) is 18.1. The van der Waals surface area contributed by atoms with Crippen molar-refractivity contribution in [1.29, 1.82) is 0 Å². The molecule has 0 bridgehead atoms. The molecule has 0 aliphatic carbocycles. The molecule has 0 radical (unpaired) electrons. The van der Waals surface area contributed by atoms with Crippen molar-refractivity contribution >= 4 is 55.1 Å². The van der Waals surface area contributed by atoms with Gasteiger partial charge in [-0.25, -0.2) is 8.42 Å². The van der Waals surface area contributed by atoms with Gasteiger partial charge in [0.15, 0.2) is 0 Å². The Morgan fingerprint density at radius 3 is 2.12 bits per heavy atom. The number of primary amides is 1. The van der Waals surface area contributed by atoms with Crippen molar-refractivity contribution in [1.82, 2.24) is 4.72 Å². The van der Waals surface area contributed by atoms with E-state index in [4.69, 9.17) is 28.9 Å². The summed E-state index contributed by atoms with van der Waals surface area (Å²) in [6, 6.07) is 11.1. The predicted octanol–water partition coefficient (Wildman–Crippen LogP) is 3.43. The van der Waals surface area contributed by atoms with Crippen LogP contribution in [0.15, 0.2) is 51.8 Å². The minimum Gasteiger partial charge on any atom is -0.368 e. The van der Waals surface area contributed by atoms with E-state index in [0.29, 0.717) is 10.0 Å². The molecule has 0 aromatic heterocycles. The molecule has 0 aliphatic rings. The molecule has 0 heterocycles. The highest BCUT2D eigenvalue weighted by Gasteiger charge is 2.39. The van der Waals surface area contributed by atoms with E-state index in [0.717, 1.165) is 0 Å². The number of carbonyl (C=O) groups excluding carboxylic acids is 1. The van der Waals surface area contributed by atoms with Crippen molar-refractivity contribution in [2.75, 3.05) is 0 Å². The van der Waals surface area contributed by atoms with Gasteiger partial charge in [-0.1, -0.05) is 69.5 Å². The molecule has 0 saturated carbocycles. The van der Waals surface area contributed by atoms with E-state index < -0.39 is 21.5 Å². The number of hydrogen-bond acceptors (Lipinski definition) is 3. The summed E-state index contributed by atoms with van der Waals surface area (Å²) in [6.45, 7) is 1.38. The second-order valence-electron chi connectivity index (χ2n) is 5.16. The maximum absolute atomic E-state index is 12.8. The van der Waals surface area contributed by atoms with E-state index in [1.54, 1.807) is 30.3 Å². The van der Waals surface area contributed by atoms with Crippen molar-refractivity contribution in [2.24, 2.45) is 5.73 Å². The molecule has 0 saturated heterocycles. The van der Waals surface area contributed by atoms with Crippen LogP contribution in [0.2, 0.25) is 10.0 Å². The summed E-state index contributed by atoms with van der Waals surface area (Å²) >= 11 is 15.2. The highest BCUT2D eigenvalue weighted by atomic mass is 79.9. The lowest BCUT2D eigenvalue weighted by Gasteiger charge is -2.28. The molecule has 9 heteroatoms. The Morgan fingerprint density at radius 1 is 1.17 bits per heavy atom. The third kappa shape index (κ3) is 3.75. The van der Waals surface area contributed by atoms with E-state index in [2.05, 4.69) is 20.7 Å². The minimum absolute atomic E-state index is 0.0817. The van der Waals surface area contributed by atoms with Crippen molar-refractivity contribution in [3.63, 3.8) is 0 Å². The number of carbonyl (C=O) groups is 1. The molecule has 1 atom stereocenters. The average molecular weight is 452 g/mol. The summed E-state index contributed by atoms with van der Waals surface area (Å²) in [5, 5.41) is -0.163. The molecule has 128 valence electrons. The van der Waals surface area contributed by atoms with Gasteiger partial charge in [0.1, 0.15) is 10.4 Å². The number of hydrogen-bond donors (Lipinski definition) is 2. The number of rotatable bonds is 5. The van der Waals surface area contributed by atoms with Crippen molar-refractivity contribution < 1.29 is 13.2 Å². The Kier molecular flexibility index (Phi) is 5.61. The largest absolute Gasteiger partial charge is 0.368 e. The number of halogens is 3. The van der Waals surface area contributed by atoms with Crippen LogP contribution in [-0.2, 0) is 20.4 Å². The van der Waals surface area contributed by atoms with Crippen molar-refractivity contribution in [3.05, 3.63) is 62.5 Å². The monoisotopic (exact) mass is 450 g/mol.